The highest BCUT2D eigenvalue weighted by molar-refractivity contribution is 5.70. The van der Waals surface area contributed by atoms with Gasteiger partial charge in [0, 0.05) is 12.6 Å². The molecule has 1 aliphatic rings. The van der Waals surface area contributed by atoms with Crippen LogP contribution >= 0.6 is 0 Å². The van der Waals surface area contributed by atoms with Crippen molar-refractivity contribution in [3.63, 3.8) is 0 Å². The third-order valence-electron chi connectivity index (χ3n) is 3.65. The van der Waals surface area contributed by atoms with E-state index in [9.17, 15) is 9.18 Å². The molecule has 0 saturated heterocycles. The Labute approximate surface area is 117 Å². The minimum absolute atomic E-state index is 0.217. The smallest absolute Gasteiger partial charge is 0.306 e. The molecule has 5 heteroatoms. The molecule has 110 valence electrons. The number of rotatable bonds is 6. The zero-order chi connectivity index (χ0) is 14.4. The van der Waals surface area contributed by atoms with Gasteiger partial charge in [-0.15, -0.1) is 0 Å². The van der Waals surface area contributed by atoms with Crippen LogP contribution in [0, 0.1) is 11.7 Å². The second kappa shape index (κ2) is 7.24. The van der Waals surface area contributed by atoms with E-state index in [0.717, 1.165) is 19.3 Å². The van der Waals surface area contributed by atoms with Crippen molar-refractivity contribution in [3.05, 3.63) is 30.1 Å². The Morgan fingerprint density at radius 1 is 1.40 bits per heavy atom. The van der Waals surface area contributed by atoms with Crippen LogP contribution < -0.4 is 10.1 Å². The summed E-state index contributed by atoms with van der Waals surface area (Å²) in [6, 6.07) is 6.52. The second-order valence-corrected chi connectivity index (χ2v) is 5.13. The molecule has 0 aliphatic heterocycles. The Bertz CT molecular complexity index is 452. The summed E-state index contributed by atoms with van der Waals surface area (Å²) in [7, 11) is 0. The Morgan fingerprint density at radius 3 is 2.95 bits per heavy atom. The van der Waals surface area contributed by atoms with E-state index < -0.39 is 5.97 Å². The fraction of sp³-hybridized carbons (Fsp3) is 0.533. The van der Waals surface area contributed by atoms with Gasteiger partial charge in [-0.05, 0) is 31.4 Å². The number of benzene rings is 1. The molecule has 1 aromatic carbocycles. The monoisotopic (exact) mass is 281 g/mol. The zero-order valence-corrected chi connectivity index (χ0v) is 11.3. The number of ether oxygens (including phenoxy) is 1. The molecule has 2 N–H and O–H groups in total. The number of para-hydroxylation sites is 1. The Hall–Kier alpha value is -1.62. The van der Waals surface area contributed by atoms with Crippen LogP contribution in [0.3, 0.4) is 0 Å². The highest BCUT2D eigenvalue weighted by Crippen LogP contribution is 2.24. The largest absolute Gasteiger partial charge is 0.489 e. The van der Waals surface area contributed by atoms with E-state index in [4.69, 9.17) is 9.84 Å². The van der Waals surface area contributed by atoms with Gasteiger partial charge in [-0.3, -0.25) is 4.79 Å². The second-order valence-electron chi connectivity index (χ2n) is 5.13. The van der Waals surface area contributed by atoms with Crippen molar-refractivity contribution in [2.24, 2.45) is 5.92 Å². The number of carbonyl (C=O) groups is 1. The summed E-state index contributed by atoms with van der Waals surface area (Å²) < 4.78 is 18.6. The molecule has 2 unspecified atom stereocenters. The molecule has 20 heavy (non-hydrogen) atoms. The highest BCUT2D eigenvalue weighted by atomic mass is 19.1. The Kier molecular flexibility index (Phi) is 5.35. The van der Waals surface area contributed by atoms with Gasteiger partial charge in [-0.2, -0.15) is 0 Å². The van der Waals surface area contributed by atoms with Crippen LogP contribution in [0.1, 0.15) is 25.7 Å². The van der Waals surface area contributed by atoms with Crippen LogP contribution in [0.5, 0.6) is 5.75 Å². The lowest BCUT2D eigenvalue weighted by molar-refractivity contribution is -0.143. The predicted molar refractivity (Wildman–Crippen MR) is 73.3 cm³/mol. The van der Waals surface area contributed by atoms with Gasteiger partial charge in [0.15, 0.2) is 11.6 Å². The fourth-order valence-electron chi connectivity index (χ4n) is 2.59. The van der Waals surface area contributed by atoms with Gasteiger partial charge >= 0.3 is 5.97 Å². The molecule has 0 bridgehead atoms. The Morgan fingerprint density at radius 2 is 2.20 bits per heavy atom. The average Bonchev–Trinajstić information content (AvgIpc) is 2.45. The number of carboxylic acids is 1. The van der Waals surface area contributed by atoms with E-state index in [1.165, 1.54) is 6.07 Å². The zero-order valence-electron chi connectivity index (χ0n) is 11.3. The molecule has 1 aliphatic carbocycles. The van der Waals surface area contributed by atoms with E-state index in [2.05, 4.69) is 5.32 Å². The summed E-state index contributed by atoms with van der Waals surface area (Å²) >= 11 is 0. The van der Waals surface area contributed by atoms with Crippen molar-refractivity contribution in [2.45, 2.75) is 31.7 Å². The molecule has 2 rings (SSSR count). The first-order valence-corrected chi connectivity index (χ1v) is 7.00. The summed E-state index contributed by atoms with van der Waals surface area (Å²) in [5.74, 6) is -1.06. The van der Waals surface area contributed by atoms with Gasteiger partial charge in [0.2, 0.25) is 0 Å². The van der Waals surface area contributed by atoms with Crippen molar-refractivity contribution in [3.8, 4) is 5.75 Å². The maximum absolute atomic E-state index is 13.3. The van der Waals surface area contributed by atoms with Crippen molar-refractivity contribution >= 4 is 5.97 Å². The van der Waals surface area contributed by atoms with Gasteiger partial charge < -0.3 is 15.2 Å². The Balaban J connectivity index is 1.68. The number of hydrogen-bond donors (Lipinski definition) is 2. The topological polar surface area (TPSA) is 58.6 Å². The number of nitrogens with one attached hydrogen (secondary N) is 1. The molecule has 0 heterocycles. The van der Waals surface area contributed by atoms with Crippen molar-refractivity contribution in [1.29, 1.82) is 0 Å². The number of carboxylic acid groups (broad SMARTS) is 1. The predicted octanol–water partition coefficient (Wildman–Crippen LogP) is 2.44. The minimum Gasteiger partial charge on any atom is -0.489 e. The number of aliphatic carboxylic acids is 1. The van der Waals surface area contributed by atoms with Crippen LogP contribution in [0.15, 0.2) is 24.3 Å². The minimum atomic E-state index is -0.709. The lowest BCUT2D eigenvalue weighted by Crippen LogP contribution is -2.38. The first-order chi connectivity index (χ1) is 9.66. The SMILES string of the molecule is O=C(O)C1CCCC(NCCOc2ccccc2F)C1. The summed E-state index contributed by atoms with van der Waals surface area (Å²) in [6.07, 6.45) is 3.35. The summed E-state index contributed by atoms with van der Waals surface area (Å²) in [4.78, 5) is 11.0. The van der Waals surface area contributed by atoms with E-state index in [0.29, 0.717) is 19.6 Å². The normalized spacial score (nSPS) is 22.4. The van der Waals surface area contributed by atoms with Crippen LogP contribution in [0.4, 0.5) is 4.39 Å². The molecule has 4 nitrogen and oxygen atoms in total. The van der Waals surface area contributed by atoms with E-state index in [1.54, 1.807) is 18.2 Å². The fourth-order valence-corrected chi connectivity index (χ4v) is 2.59. The molecule has 1 fully saturated rings. The molecular formula is C15H20FNO3. The third-order valence-corrected chi connectivity index (χ3v) is 3.65. The maximum Gasteiger partial charge on any atom is 0.306 e. The van der Waals surface area contributed by atoms with Gasteiger partial charge in [-0.1, -0.05) is 18.6 Å². The summed E-state index contributed by atoms with van der Waals surface area (Å²) in [6.45, 7) is 0.959. The van der Waals surface area contributed by atoms with Crippen molar-refractivity contribution < 1.29 is 19.0 Å². The van der Waals surface area contributed by atoms with Gasteiger partial charge in [0.05, 0.1) is 5.92 Å². The van der Waals surface area contributed by atoms with E-state index in [-0.39, 0.29) is 23.5 Å². The van der Waals surface area contributed by atoms with Crippen LogP contribution in [-0.4, -0.2) is 30.3 Å². The highest BCUT2D eigenvalue weighted by Gasteiger charge is 2.26. The molecule has 0 aromatic heterocycles. The number of halogens is 1. The van der Waals surface area contributed by atoms with Gasteiger partial charge in [-0.25, -0.2) is 4.39 Å². The van der Waals surface area contributed by atoms with Crippen molar-refractivity contribution in [1.82, 2.24) is 5.32 Å². The summed E-state index contributed by atoms with van der Waals surface area (Å²) in [5, 5.41) is 12.3. The lowest BCUT2D eigenvalue weighted by atomic mass is 9.86. The standard InChI is InChI=1S/C15H20FNO3/c16-13-6-1-2-7-14(13)20-9-8-17-12-5-3-4-11(10-12)15(18)19/h1-2,6-7,11-12,17H,3-5,8-10H2,(H,18,19). The third kappa shape index (κ3) is 4.20. The molecular weight excluding hydrogens is 261 g/mol. The van der Waals surface area contributed by atoms with Crippen LogP contribution in [0.25, 0.3) is 0 Å². The van der Waals surface area contributed by atoms with E-state index in [1.807, 2.05) is 0 Å². The molecule has 0 amide bonds. The molecule has 0 spiro atoms. The van der Waals surface area contributed by atoms with Gasteiger partial charge in [0.1, 0.15) is 6.61 Å². The molecule has 0 radical (unpaired) electrons. The number of hydrogen-bond acceptors (Lipinski definition) is 3. The molecule has 2 atom stereocenters. The van der Waals surface area contributed by atoms with Crippen molar-refractivity contribution in [2.75, 3.05) is 13.2 Å². The van der Waals surface area contributed by atoms with Crippen LogP contribution in [0.2, 0.25) is 0 Å². The average molecular weight is 281 g/mol. The lowest BCUT2D eigenvalue weighted by Gasteiger charge is -2.27. The molecule has 1 saturated carbocycles. The van der Waals surface area contributed by atoms with E-state index >= 15 is 0 Å². The molecule has 1 aromatic rings. The maximum atomic E-state index is 13.3. The van der Waals surface area contributed by atoms with Gasteiger partial charge in [0.25, 0.3) is 0 Å². The van der Waals surface area contributed by atoms with Crippen LogP contribution in [-0.2, 0) is 4.79 Å². The summed E-state index contributed by atoms with van der Waals surface area (Å²) in [5.41, 5.74) is 0. The first-order valence-electron chi connectivity index (χ1n) is 7.00. The first kappa shape index (κ1) is 14.8. The quantitative estimate of drug-likeness (QED) is 0.786.